The number of rotatable bonds is 12. The van der Waals surface area contributed by atoms with E-state index in [4.69, 9.17) is 14.6 Å². The normalized spacial score (nSPS) is 11.4. The van der Waals surface area contributed by atoms with E-state index in [2.05, 4.69) is 26.3 Å². The van der Waals surface area contributed by atoms with Gasteiger partial charge in [-0.15, -0.1) is 0 Å². The van der Waals surface area contributed by atoms with Gasteiger partial charge in [-0.05, 0) is 26.3 Å². The molecule has 12 nitrogen and oxygen atoms in total. The van der Waals surface area contributed by atoms with Crippen molar-refractivity contribution in [3.05, 3.63) is 49.1 Å². The first-order chi connectivity index (χ1) is 17.4. The number of likely N-dealkylation sites (N-methyl/N-ethyl adjacent to an activating group) is 2. The van der Waals surface area contributed by atoms with Crippen LogP contribution in [0.2, 0.25) is 0 Å². The maximum absolute atomic E-state index is 11.0. The van der Waals surface area contributed by atoms with Crippen molar-refractivity contribution in [2.24, 2.45) is 0 Å². The minimum Gasteiger partial charge on any atom is -1.00 e. The highest BCUT2D eigenvalue weighted by atomic mass is 35.5. The van der Waals surface area contributed by atoms with Crippen LogP contribution in [-0.4, -0.2) is 129 Å². The maximum Gasteiger partial charge on any atom is 0.333 e. The van der Waals surface area contributed by atoms with Gasteiger partial charge < -0.3 is 56.1 Å². The second-order valence-corrected chi connectivity index (χ2v) is 10.6. The number of carbonyl (C=O) groups is 4. The Morgan fingerprint density at radius 3 is 1.10 bits per heavy atom. The Bertz CT molecular complexity index is 783. The monoisotopic (exact) mass is 596 g/mol. The van der Waals surface area contributed by atoms with Gasteiger partial charge in [0.1, 0.15) is 38.5 Å². The fourth-order valence-electron chi connectivity index (χ4n) is 1.96. The highest BCUT2D eigenvalue weighted by Gasteiger charge is 2.18. The fraction of sp³-hybridized carbons (Fsp3) is 0.556. The van der Waals surface area contributed by atoms with Gasteiger partial charge >= 0.3 is 17.9 Å². The molecular weight excluding hydrogens is 548 g/mol. The van der Waals surface area contributed by atoms with Crippen LogP contribution >= 0.6 is 0 Å². The van der Waals surface area contributed by atoms with Crippen molar-refractivity contribution in [1.82, 2.24) is 0 Å². The molecule has 0 fully saturated rings. The third-order valence-corrected chi connectivity index (χ3v) is 3.55. The second kappa shape index (κ2) is 23.8. The predicted molar refractivity (Wildman–Crippen MR) is 147 cm³/mol. The van der Waals surface area contributed by atoms with E-state index in [1.54, 1.807) is 13.8 Å². The fourth-order valence-corrected chi connectivity index (χ4v) is 1.96. The summed E-state index contributed by atoms with van der Waals surface area (Å²) in [7, 11) is 11.8. The quantitative estimate of drug-likeness (QED) is 0.119. The van der Waals surface area contributed by atoms with Crippen molar-refractivity contribution in [3.8, 4) is 0 Å². The van der Waals surface area contributed by atoms with Crippen LogP contribution in [0.1, 0.15) is 20.8 Å². The summed E-state index contributed by atoms with van der Waals surface area (Å²) in [6.45, 7) is 18.6. The second-order valence-electron chi connectivity index (χ2n) is 10.6. The molecule has 0 rings (SSSR count). The molecule has 0 saturated carbocycles. The highest BCUT2D eigenvalue weighted by molar-refractivity contribution is 5.87. The molecule has 40 heavy (non-hydrogen) atoms. The van der Waals surface area contributed by atoms with Gasteiger partial charge in [0.2, 0.25) is 0 Å². The molecule has 0 amide bonds. The lowest BCUT2D eigenvalue weighted by atomic mass is 10.3. The van der Waals surface area contributed by atoms with Gasteiger partial charge in [-0.2, -0.15) is 0 Å². The lowest BCUT2D eigenvalue weighted by Crippen LogP contribution is -3.00. The van der Waals surface area contributed by atoms with E-state index in [9.17, 15) is 34.5 Å². The third-order valence-electron chi connectivity index (χ3n) is 3.55. The van der Waals surface area contributed by atoms with Crippen LogP contribution in [0.15, 0.2) is 49.1 Å². The number of esters is 2. The molecule has 2 atom stereocenters. The van der Waals surface area contributed by atoms with E-state index < -0.39 is 36.1 Å². The zero-order valence-corrected chi connectivity index (χ0v) is 26.1. The summed E-state index contributed by atoms with van der Waals surface area (Å²) in [5, 5.41) is 36.1. The van der Waals surface area contributed by atoms with Crippen LogP contribution in [0.3, 0.4) is 0 Å². The predicted octanol–water partition coefficient (Wildman–Crippen LogP) is -3.08. The first kappa shape index (κ1) is 46.8. The number of quaternary nitrogens is 2. The Balaban J connectivity index is -0.000000147. The van der Waals surface area contributed by atoms with Gasteiger partial charge in [0.15, 0.2) is 0 Å². The summed E-state index contributed by atoms with van der Waals surface area (Å²) in [6, 6.07) is 0. The van der Waals surface area contributed by atoms with Gasteiger partial charge in [-0.1, -0.05) is 26.3 Å². The van der Waals surface area contributed by atoms with Crippen molar-refractivity contribution < 1.29 is 70.5 Å². The maximum atomic E-state index is 11.0. The number of carbonyl (C=O) groups excluding carboxylic acids is 3. The standard InChI is InChI=1S/2C10H20NO3.C4H6O2.C3H4O2.ClH/c2*1-8(2)10(13)14-7-9(12)6-11(3,4)5;1-3(2)4(5)6;1-2-3(4)5;/h2*9,12H,1,6-7H2,2-5H3;1H2,2H3,(H,5,6);2H,1H2,(H,4,5);1H/q2*+1;;;/p-2. The Morgan fingerprint density at radius 1 is 0.750 bits per heavy atom. The molecule has 0 aromatic heterocycles. The van der Waals surface area contributed by atoms with Crippen LogP contribution < -0.4 is 17.5 Å². The van der Waals surface area contributed by atoms with Gasteiger partial charge in [-0.25, -0.2) is 14.4 Å². The molecule has 0 spiro atoms. The molecule has 3 N–H and O–H groups in total. The molecule has 0 heterocycles. The van der Waals surface area contributed by atoms with E-state index in [1.807, 2.05) is 42.3 Å². The van der Waals surface area contributed by atoms with Crippen molar-refractivity contribution >= 4 is 23.9 Å². The zero-order chi connectivity index (χ0) is 32.1. The Morgan fingerprint density at radius 2 is 0.975 bits per heavy atom. The van der Waals surface area contributed by atoms with Gasteiger partial charge in [-0.3, -0.25) is 0 Å². The minimum atomic E-state index is -1.19. The van der Waals surface area contributed by atoms with E-state index in [0.717, 1.165) is 6.08 Å². The van der Waals surface area contributed by atoms with Crippen molar-refractivity contribution in [3.63, 3.8) is 0 Å². The summed E-state index contributed by atoms with van der Waals surface area (Å²) >= 11 is 0. The van der Waals surface area contributed by atoms with Gasteiger partial charge in [0.05, 0.1) is 48.3 Å². The van der Waals surface area contributed by atoms with Crippen LogP contribution in [-0.2, 0) is 28.7 Å². The summed E-state index contributed by atoms with van der Waals surface area (Å²) in [5.41, 5.74) is 0.764. The summed E-state index contributed by atoms with van der Waals surface area (Å²) in [6.07, 6.45) is -0.420. The molecule has 0 aromatic carbocycles. The number of halogens is 1. The number of ether oxygens (including phenoxy) is 2. The number of aliphatic hydroxyl groups is 2. The number of carboxylic acid groups (broad SMARTS) is 2. The molecule has 0 bridgehead atoms. The first-order valence-electron chi connectivity index (χ1n) is 11.7. The molecule has 0 aliphatic rings. The van der Waals surface area contributed by atoms with Gasteiger partial charge in [0.25, 0.3) is 0 Å². The highest BCUT2D eigenvalue weighted by Crippen LogP contribution is 1.99. The number of hydrogen-bond acceptors (Lipinski definition) is 9. The molecule has 0 aliphatic heterocycles. The van der Waals surface area contributed by atoms with Crippen LogP contribution in [0.5, 0.6) is 0 Å². The Hall–Kier alpha value is -3.03. The van der Waals surface area contributed by atoms with Gasteiger partial charge in [0, 0.05) is 17.2 Å². The first-order valence-corrected chi connectivity index (χ1v) is 11.7. The van der Waals surface area contributed by atoms with E-state index >= 15 is 0 Å². The zero-order valence-electron chi connectivity index (χ0n) is 25.4. The molecule has 0 aliphatic carbocycles. The Labute approximate surface area is 245 Å². The lowest BCUT2D eigenvalue weighted by molar-refractivity contribution is -0.873. The molecule has 0 saturated heterocycles. The van der Waals surface area contributed by atoms with Crippen molar-refractivity contribution in [2.75, 3.05) is 68.6 Å². The van der Waals surface area contributed by atoms with Crippen LogP contribution in [0, 0.1) is 0 Å². The van der Waals surface area contributed by atoms with Crippen molar-refractivity contribution in [2.45, 2.75) is 33.0 Å². The average Bonchev–Trinajstić information content (AvgIpc) is 2.74. The molecular formula is C27H49ClN2O10. The van der Waals surface area contributed by atoms with E-state index in [0.29, 0.717) is 33.2 Å². The average molecular weight is 597 g/mol. The number of hydrogen-bond donors (Lipinski definition) is 3. The smallest absolute Gasteiger partial charge is 0.333 e. The van der Waals surface area contributed by atoms with E-state index in [-0.39, 0.29) is 31.2 Å². The molecule has 0 radical (unpaired) electrons. The lowest BCUT2D eigenvalue weighted by Gasteiger charge is -2.26. The van der Waals surface area contributed by atoms with Crippen LogP contribution in [0.4, 0.5) is 0 Å². The molecule has 234 valence electrons. The SMILES string of the molecule is C=C(C)C(=O)OCC(O)C[N+](C)(C)C.C=C(C)C(=O)OCC(O)C[N+](C)(C)C.C=C(C)C(=O)[O-].C=CC(=O)O.[Cl-]. The third kappa shape index (κ3) is 42.1. The summed E-state index contributed by atoms with van der Waals surface area (Å²) in [4.78, 5) is 40.7. The van der Waals surface area contributed by atoms with E-state index in [1.165, 1.54) is 6.92 Å². The molecule has 0 aromatic rings. The van der Waals surface area contributed by atoms with Crippen LogP contribution in [0.25, 0.3) is 0 Å². The minimum absolute atomic E-state index is 0. The Kier molecular flexibility index (Phi) is 27.9. The number of carboxylic acids is 2. The largest absolute Gasteiger partial charge is 1.00 e. The summed E-state index contributed by atoms with van der Waals surface area (Å²) in [5.74, 6) is -3.07. The molecule has 2 unspecified atom stereocenters. The topological polar surface area (TPSA) is 170 Å². The number of nitrogens with zero attached hydrogens (tertiary/aromatic N) is 2. The summed E-state index contributed by atoms with van der Waals surface area (Å²) < 4.78 is 10.9. The van der Waals surface area contributed by atoms with Crippen molar-refractivity contribution in [1.29, 1.82) is 0 Å². The molecule has 13 heteroatoms. The number of aliphatic carboxylic acids is 2. The number of aliphatic hydroxyl groups excluding tert-OH is 2.